The van der Waals surface area contributed by atoms with E-state index in [1.165, 1.54) is 0 Å². The molecule has 0 spiro atoms. The number of thiazole rings is 1. The molecule has 2 heterocycles. The highest BCUT2D eigenvalue weighted by molar-refractivity contribution is 7.11. The number of aliphatic hydroxyl groups is 1. The van der Waals surface area contributed by atoms with E-state index in [-0.39, 0.29) is 29.0 Å². The van der Waals surface area contributed by atoms with Crippen LogP contribution in [0.3, 0.4) is 0 Å². The molecular formula is C14H17N3O3S. The molecule has 2 N–H and O–H groups in total. The second-order valence-corrected chi connectivity index (χ2v) is 6.32. The monoisotopic (exact) mass is 307 g/mol. The summed E-state index contributed by atoms with van der Waals surface area (Å²) in [7, 11) is 0. The third kappa shape index (κ3) is 2.84. The number of carbonyl (C=O) groups excluding carboxylic acids is 2. The van der Waals surface area contributed by atoms with E-state index < -0.39 is 0 Å². The third-order valence-electron chi connectivity index (χ3n) is 3.84. The SMILES string of the molecule is C=C1CCCN1C(=O)c1csc(C(=O)NC2CC(O)C2)n1. The quantitative estimate of drug-likeness (QED) is 0.877. The normalized spacial score (nSPS) is 24.8. The number of nitrogens with one attached hydrogen (secondary N) is 1. The Balaban J connectivity index is 1.64. The van der Waals surface area contributed by atoms with Gasteiger partial charge in [0.25, 0.3) is 11.8 Å². The van der Waals surface area contributed by atoms with Crippen molar-refractivity contribution in [3.63, 3.8) is 0 Å². The van der Waals surface area contributed by atoms with E-state index in [0.29, 0.717) is 25.1 Å². The average molecular weight is 307 g/mol. The van der Waals surface area contributed by atoms with Crippen molar-refractivity contribution in [1.29, 1.82) is 0 Å². The molecule has 1 aliphatic carbocycles. The molecule has 2 fully saturated rings. The van der Waals surface area contributed by atoms with E-state index in [4.69, 9.17) is 0 Å². The number of carbonyl (C=O) groups is 2. The molecule has 0 bridgehead atoms. The Morgan fingerprint density at radius 3 is 2.86 bits per heavy atom. The third-order valence-corrected chi connectivity index (χ3v) is 4.68. The van der Waals surface area contributed by atoms with Crippen molar-refractivity contribution < 1.29 is 14.7 Å². The van der Waals surface area contributed by atoms with Gasteiger partial charge in [-0.15, -0.1) is 11.3 Å². The van der Waals surface area contributed by atoms with Crippen LogP contribution >= 0.6 is 11.3 Å². The predicted octanol–water partition coefficient (Wildman–Crippen LogP) is 1.15. The second kappa shape index (κ2) is 5.57. The lowest BCUT2D eigenvalue weighted by atomic mass is 9.89. The summed E-state index contributed by atoms with van der Waals surface area (Å²) in [6, 6.07) is 0.00825. The van der Waals surface area contributed by atoms with Gasteiger partial charge in [0.1, 0.15) is 5.69 Å². The van der Waals surface area contributed by atoms with Crippen molar-refractivity contribution in [2.24, 2.45) is 0 Å². The van der Waals surface area contributed by atoms with Gasteiger partial charge in [-0.25, -0.2) is 4.98 Å². The second-order valence-electron chi connectivity index (χ2n) is 5.46. The summed E-state index contributed by atoms with van der Waals surface area (Å²) in [5, 5.41) is 13.9. The first-order valence-electron chi connectivity index (χ1n) is 6.98. The van der Waals surface area contributed by atoms with Gasteiger partial charge in [-0.1, -0.05) is 6.58 Å². The van der Waals surface area contributed by atoms with Gasteiger partial charge < -0.3 is 15.3 Å². The van der Waals surface area contributed by atoms with Gasteiger partial charge in [-0.3, -0.25) is 9.59 Å². The van der Waals surface area contributed by atoms with E-state index in [0.717, 1.165) is 29.9 Å². The number of aromatic nitrogens is 1. The highest BCUT2D eigenvalue weighted by atomic mass is 32.1. The van der Waals surface area contributed by atoms with Crippen LogP contribution < -0.4 is 5.32 Å². The average Bonchev–Trinajstić information content (AvgIpc) is 3.04. The number of hydrogen-bond acceptors (Lipinski definition) is 5. The minimum Gasteiger partial charge on any atom is -0.393 e. The van der Waals surface area contributed by atoms with E-state index in [1.807, 2.05) is 0 Å². The summed E-state index contributed by atoms with van der Waals surface area (Å²) < 4.78 is 0. The predicted molar refractivity (Wildman–Crippen MR) is 78.0 cm³/mol. The Morgan fingerprint density at radius 2 is 2.24 bits per heavy atom. The zero-order valence-electron chi connectivity index (χ0n) is 11.5. The molecule has 0 unspecified atom stereocenters. The van der Waals surface area contributed by atoms with Crippen LogP contribution in [-0.4, -0.2) is 45.5 Å². The molecular weight excluding hydrogens is 290 g/mol. The number of amides is 2. The van der Waals surface area contributed by atoms with Gasteiger partial charge in [-0.05, 0) is 25.7 Å². The molecule has 112 valence electrons. The molecule has 2 amide bonds. The molecule has 1 aromatic heterocycles. The standard InChI is InChI=1S/C14H17N3O3S/c1-8-3-2-4-17(8)14(20)11-7-21-13(16-11)12(19)15-9-5-10(18)6-9/h7,9-10,18H,1-6H2,(H,15,19). The van der Waals surface area contributed by atoms with Gasteiger partial charge in [0.15, 0.2) is 5.01 Å². The Bertz CT molecular complexity index is 592. The highest BCUT2D eigenvalue weighted by Gasteiger charge is 2.30. The van der Waals surface area contributed by atoms with Crippen LogP contribution in [0.5, 0.6) is 0 Å². The smallest absolute Gasteiger partial charge is 0.280 e. The molecule has 0 aromatic carbocycles. The molecule has 1 saturated heterocycles. The van der Waals surface area contributed by atoms with Crippen LogP contribution in [0.25, 0.3) is 0 Å². The fourth-order valence-corrected chi connectivity index (χ4v) is 3.24. The van der Waals surface area contributed by atoms with E-state index in [1.54, 1.807) is 10.3 Å². The Morgan fingerprint density at radius 1 is 1.48 bits per heavy atom. The van der Waals surface area contributed by atoms with Crippen molar-refractivity contribution in [1.82, 2.24) is 15.2 Å². The number of aliphatic hydroxyl groups excluding tert-OH is 1. The van der Waals surface area contributed by atoms with Crippen molar-refractivity contribution >= 4 is 23.2 Å². The lowest BCUT2D eigenvalue weighted by Gasteiger charge is -2.31. The fraction of sp³-hybridized carbons (Fsp3) is 0.500. The minimum atomic E-state index is -0.315. The van der Waals surface area contributed by atoms with Gasteiger partial charge in [-0.2, -0.15) is 0 Å². The Labute approximate surface area is 126 Å². The largest absolute Gasteiger partial charge is 0.393 e. The zero-order chi connectivity index (χ0) is 15.0. The molecule has 0 radical (unpaired) electrons. The van der Waals surface area contributed by atoms with Gasteiger partial charge in [0.2, 0.25) is 0 Å². The molecule has 2 aliphatic rings. The van der Waals surface area contributed by atoms with Crippen LogP contribution in [0.1, 0.15) is 46.0 Å². The van der Waals surface area contributed by atoms with Gasteiger partial charge in [0, 0.05) is 23.7 Å². The molecule has 0 atom stereocenters. The first kappa shape index (κ1) is 14.2. The number of allylic oxidation sites excluding steroid dienone is 1. The molecule has 1 aromatic rings. The summed E-state index contributed by atoms with van der Waals surface area (Å²) in [5.74, 6) is -0.469. The molecule has 1 aliphatic heterocycles. The van der Waals surface area contributed by atoms with E-state index >= 15 is 0 Å². The highest BCUT2D eigenvalue weighted by Crippen LogP contribution is 2.23. The van der Waals surface area contributed by atoms with Crippen molar-refractivity contribution in [3.05, 3.63) is 28.4 Å². The van der Waals surface area contributed by atoms with Gasteiger partial charge in [0.05, 0.1) is 6.10 Å². The van der Waals surface area contributed by atoms with Crippen LogP contribution in [0, 0.1) is 0 Å². The maximum atomic E-state index is 12.3. The Kier molecular flexibility index (Phi) is 3.77. The summed E-state index contributed by atoms with van der Waals surface area (Å²) in [4.78, 5) is 30.0. The number of nitrogens with zero attached hydrogens (tertiary/aromatic N) is 2. The topological polar surface area (TPSA) is 82.5 Å². The lowest BCUT2D eigenvalue weighted by Crippen LogP contribution is -2.46. The molecule has 1 saturated carbocycles. The van der Waals surface area contributed by atoms with Crippen molar-refractivity contribution in [3.8, 4) is 0 Å². The van der Waals surface area contributed by atoms with Gasteiger partial charge >= 0.3 is 0 Å². The maximum Gasteiger partial charge on any atom is 0.280 e. The number of rotatable bonds is 3. The summed E-state index contributed by atoms with van der Waals surface area (Å²) in [5.41, 5.74) is 1.10. The molecule has 7 heteroatoms. The summed E-state index contributed by atoms with van der Waals surface area (Å²) in [6.45, 7) is 4.53. The maximum absolute atomic E-state index is 12.3. The Hall–Kier alpha value is -1.73. The molecule has 21 heavy (non-hydrogen) atoms. The van der Waals surface area contributed by atoms with Crippen LogP contribution in [0.4, 0.5) is 0 Å². The van der Waals surface area contributed by atoms with Crippen molar-refractivity contribution in [2.45, 2.75) is 37.8 Å². The van der Waals surface area contributed by atoms with E-state index in [9.17, 15) is 14.7 Å². The summed E-state index contributed by atoms with van der Waals surface area (Å²) >= 11 is 1.16. The lowest BCUT2D eigenvalue weighted by molar-refractivity contribution is 0.0562. The van der Waals surface area contributed by atoms with Crippen molar-refractivity contribution in [2.75, 3.05) is 6.54 Å². The minimum absolute atomic E-state index is 0.00825. The number of hydrogen-bond donors (Lipinski definition) is 2. The van der Waals surface area contributed by atoms with Crippen LogP contribution in [-0.2, 0) is 0 Å². The fourth-order valence-electron chi connectivity index (χ4n) is 2.55. The first-order chi connectivity index (χ1) is 10.0. The number of likely N-dealkylation sites (tertiary alicyclic amines) is 1. The van der Waals surface area contributed by atoms with E-state index in [2.05, 4.69) is 16.9 Å². The molecule has 6 nitrogen and oxygen atoms in total. The zero-order valence-corrected chi connectivity index (χ0v) is 12.4. The molecule has 3 rings (SSSR count). The van der Waals surface area contributed by atoms with Crippen LogP contribution in [0.15, 0.2) is 17.7 Å². The van der Waals surface area contributed by atoms with Crippen LogP contribution in [0.2, 0.25) is 0 Å². The summed E-state index contributed by atoms with van der Waals surface area (Å²) in [6.07, 6.45) is 2.59. The first-order valence-corrected chi connectivity index (χ1v) is 7.86.